The van der Waals surface area contributed by atoms with E-state index in [1.165, 1.54) is 11.3 Å². The first-order chi connectivity index (χ1) is 12.4. The van der Waals surface area contributed by atoms with Crippen molar-refractivity contribution >= 4 is 44.8 Å². The van der Waals surface area contributed by atoms with Crippen molar-refractivity contribution in [1.82, 2.24) is 0 Å². The van der Waals surface area contributed by atoms with Crippen molar-refractivity contribution in [3.05, 3.63) is 75.1 Å². The number of nitrogens with one attached hydrogen (secondary N) is 1. The third-order valence-electron chi connectivity index (χ3n) is 3.79. The minimum Gasteiger partial charge on any atom is -0.481 e. The van der Waals surface area contributed by atoms with Crippen molar-refractivity contribution in [2.24, 2.45) is 0 Å². The molecule has 3 aromatic rings. The average molecular weight is 430 g/mol. The molecule has 4 nitrogen and oxygen atoms in total. The summed E-state index contributed by atoms with van der Waals surface area (Å²) in [6.07, 6.45) is -0.120. The van der Waals surface area contributed by atoms with E-state index in [2.05, 4.69) is 21.2 Å². The SMILES string of the molecule is Cc1ccc(-c2sc(C(=O)Nc3ccc(Br)cc3)cc2CC(=O)O)cc1. The Hall–Kier alpha value is -2.44. The van der Waals surface area contributed by atoms with Gasteiger partial charge in [0, 0.05) is 15.0 Å². The number of hydrogen-bond acceptors (Lipinski definition) is 3. The summed E-state index contributed by atoms with van der Waals surface area (Å²) < 4.78 is 0.928. The van der Waals surface area contributed by atoms with Crippen LogP contribution in [0.2, 0.25) is 0 Å². The third kappa shape index (κ3) is 4.39. The fourth-order valence-corrected chi connectivity index (χ4v) is 3.86. The van der Waals surface area contributed by atoms with E-state index < -0.39 is 5.97 Å². The summed E-state index contributed by atoms with van der Waals surface area (Å²) in [6, 6.07) is 16.8. The van der Waals surface area contributed by atoms with Crippen LogP contribution in [0.15, 0.2) is 59.1 Å². The molecule has 0 unspecified atom stereocenters. The molecule has 26 heavy (non-hydrogen) atoms. The van der Waals surface area contributed by atoms with Crippen LogP contribution in [-0.2, 0) is 11.2 Å². The van der Waals surface area contributed by atoms with Gasteiger partial charge < -0.3 is 10.4 Å². The first-order valence-corrected chi connectivity index (χ1v) is 9.52. The van der Waals surface area contributed by atoms with E-state index in [1.807, 2.05) is 43.3 Å². The highest BCUT2D eigenvalue weighted by Crippen LogP contribution is 2.34. The normalized spacial score (nSPS) is 10.5. The summed E-state index contributed by atoms with van der Waals surface area (Å²) in [5, 5.41) is 12.0. The molecule has 3 rings (SSSR count). The Labute approximate surface area is 163 Å². The van der Waals surface area contributed by atoms with E-state index in [4.69, 9.17) is 0 Å². The highest BCUT2D eigenvalue weighted by atomic mass is 79.9. The highest BCUT2D eigenvalue weighted by molar-refractivity contribution is 9.10. The summed E-state index contributed by atoms with van der Waals surface area (Å²) >= 11 is 4.66. The molecule has 0 atom stereocenters. The number of amides is 1. The molecular formula is C20H16BrNO3S. The summed E-state index contributed by atoms with van der Waals surface area (Å²) in [5.41, 5.74) is 3.37. The fraction of sp³-hybridized carbons (Fsp3) is 0.100. The maximum absolute atomic E-state index is 12.6. The van der Waals surface area contributed by atoms with Gasteiger partial charge in [-0.15, -0.1) is 11.3 Å². The fourth-order valence-electron chi connectivity index (χ4n) is 2.51. The van der Waals surface area contributed by atoms with Gasteiger partial charge in [0.1, 0.15) is 0 Å². The summed E-state index contributed by atoms with van der Waals surface area (Å²) in [7, 11) is 0. The van der Waals surface area contributed by atoms with E-state index in [0.717, 1.165) is 20.5 Å². The van der Waals surface area contributed by atoms with Crippen LogP contribution in [0.5, 0.6) is 0 Å². The molecule has 0 saturated carbocycles. The van der Waals surface area contributed by atoms with E-state index in [1.54, 1.807) is 18.2 Å². The first-order valence-electron chi connectivity index (χ1n) is 7.91. The molecule has 0 spiro atoms. The van der Waals surface area contributed by atoms with Gasteiger partial charge in [-0.25, -0.2) is 0 Å². The molecule has 2 aromatic carbocycles. The number of carbonyl (C=O) groups excluding carboxylic acids is 1. The molecule has 2 N–H and O–H groups in total. The van der Waals surface area contributed by atoms with Gasteiger partial charge in [0.15, 0.2) is 0 Å². The van der Waals surface area contributed by atoms with Gasteiger partial charge in [0.2, 0.25) is 0 Å². The summed E-state index contributed by atoms with van der Waals surface area (Å²) in [6.45, 7) is 1.99. The lowest BCUT2D eigenvalue weighted by atomic mass is 10.1. The van der Waals surface area contributed by atoms with Crippen LogP contribution in [0, 0.1) is 6.92 Å². The number of carboxylic acids is 1. The maximum Gasteiger partial charge on any atom is 0.307 e. The molecule has 1 amide bonds. The molecule has 0 radical (unpaired) electrons. The number of hydrogen-bond donors (Lipinski definition) is 2. The minimum atomic E-state index is -0.920. The van der Waals surface area contributed by atoms with E-state index in [-0.39, 0.29) is 12.3 Å². The van der Waals surface area contributed by atoms with Crippen LogP contribution >= 0.6 is 27.3 Å². The molecule has 0 fully saturated rings. The number of aryl methyl sites for hydroxylation is 1. The first kappa shape index (κ1) is 18.4. The molecule has 1 aromatic heterocycles. The predicted molar refractivity (Wildman–Crippen MR) is 108 cm³/mol. The van der Waals surface area contributed by atoms with Crippen molar-refractivity contribution < 1.29 is 14.7 Å². The molecule has 6 heteroatoms. The number of benzene rings is 2. The van der Waals surface area contributed by atoms with Gasteiger partial charge in [-0.1, -0.05) is 45.8 Å². The number of rotatable bonds is 5. The van der Waals surface area contributed by atoms with Gasteiger partial charge in [-0.3, -0.25) is 9.59 Å². The Morgan fingerprint density at radius 3 is 2.35 bits per heavy atom. The molecular weight excluding hydrogens is 414 g/mol. The number of halogens is 1. The van der Waals surface area contributed by atoms with E-state index >= 15 is 0 Å². The van der Waals surface area contributed by atoms with Gasteiger partial charge in [0.25, 0.3) is 5.91 Å². The standard InChI is InChI=1S/C20H16BrNO3S/c1-12-2-4-13(5-3-12)19-14(11-18(23)24)10-17(26-19)20(25)22-16-8-6-15(21)7-9-16/h2-10H,11H2,1H3,(H,22,25)(H,23,24). The van der Waals surface area contributed by atoms with E-state index in [0.29, 0.717) is 16.1 Å². The number of carbonyl (C=O) groups is 2. The van der Waals surface area contributed by atoms with Crippen LogP contribution in [0.25, 0.3) is 10.4 Å². The van der Waals surface area contributed by atoms with Crippen LogP contribution < -0.4 is 5.32 Å². The molecule has 0 aliphatic carbocycles. The smallest absolute Gasteiger partial charge is 0.307 e. The number of aliphatic carboxylic acids is 1. The van der Waals surface area contributed by atoms with Crippen LogP contribution in [0.1, 0.15) is 20.8 Å². The lowest BCUT2D eigenvalue weighted by Crippen LogP contribution is -2.10. The van der Waals surface area contributed by atoms with Crippen LogP contribution in [-0.4, -0.2) is 17.0 Å². The van der Waals surface area contributed by atoms with Crippen molar-refractivity contribution in [2.75, 3.05) is 5.32 Å². The zero-order chi connectivity index (χ0) is 18.7. The van der Waals surface area contributed by atoms with Gasteiger partial charge in [-0.05, 0) is 48.4 Å². The predicted octanol–water partition coefficient (Wildman–Crippen LogP) is 5.37. The molecule has 0 aliphatic rings. The molecule has 0 saturated heterocycles. The van der Waals surface area contributed by atoms with Crippen molar-refractivity contribution in [3.8, 4) is 10.4 Å². The Balaban J connectivity index is 1.92. The monoisotopic (exact) mass is 429 g/mol. The van der Waals surface area contributed by atoms with Crippen LogP contribution in [0.4, 0.5) is 5.69 Å². The topological polar surface area (TPSA) is 66.4 Å². The largest absolute Gasteiger partial charge is 0.481 e. The molecule has 1 heterocycles. The highest BCUT2D eigenvalue weighted by Gasteiger charge is 2.18. The van der Waals surface area contributed by atoms with Gasteiger partial charge >= 0.3 is 5.97 Å². The zero-order valence-corrected chi connectivity index (χ0v) is 16.4. The number of thiophene rings is 1. The molecule has 0 bridgehead atoms. The third-order valence-corrected chi connectivity index (χ3v) is 5.54. The van der Waals surface area contributed by atoms with Crippen molar-refractivity contribution in [3.63, 3.8) is 0 Å². The second kappa shape index (κ2) is 7.85. The maximum atomic E-state index is 12.6. The molecule has 0 aliphatic heterocycles. The Kier molecular flexibility index (Phi) is 5.54. The van der Waals surface area contributed by atoms with Gasteiger partial charge in [0.05, 0.1) is 11.3 Å². The Morgan fingerprint density at radius 1 is 1.08 bits per heavy atom. The second-order valence-corrected chi connectivity index (χ2v) is 7.83. The Bertz CT molecular complexity index is 946. The number of carboxylic acid groups (broad SMARTS) is 1. The van der Waals surface area contributed by atoms with Gasteiger partial charge in [-0.2, -0.15) is 0 Å². The Morgan fingerprint density at radius 2 is 1.73 bits per heavy atom. The lowest BCUT2D eigenvalue weighted by Gasteiger charge is -2.03. The lowest BCUT2D eigenvalue weighted by molar-refractivity contribution is -0.136. The summed E-state index contributed by atoms with van der Waals surface area (Å²) in [5.74, 6) is -1.17. The quantitative estimate of drug-likeness (QED) is 0.572. The summed E-state index contributed by atoms with van der Waals surface area (Å²) in [4.78, 5) is 25.1. The number of anilines is 1. The van der Waals surface area contributed by atoms with Crippen LogP contribution in [0.3, 0.4) is 0 Å². The van der Waals surface area contributed by atoms with Crippen molar-refractivity contribution in [1.29, 1.82) is 0 Å². The molecule has 132 valence electrons. The minimum absolute atomic E-state index is 0.120. The van der Waals surface area contributed by atoms with E-state index in [9.17, 15) is 14.7 Å². The zero-order valence-electron chi connectivity index (χ0n) is 14.0. The second-order valence-electron chi connectivity index (χ2n) is 5.86. The van der Waals surface area contributed by atoms with Crippen molar-refractivity contribution in [2.45, 2.75) is 13.3 Å². The average Bonchev–Trinajstić information content (AvgIpc) is 3.01.